The Balaban J connectivity index is 2.46. The third-order valence-corrected chi connectivity index (χ3v) is 2.52. The SMILES string of the molecule is Fc1ccc2c(c1)OCCC2S. The van der Waals surface area contributed by atoms with E-state index in [0.717, 1.165) is 12.0 Å². The Bertz CT molecular complexity index is 301. The zero-order valence-electron chi connectivity index (χ0n) is 6.46. The Morgan fingerprint density at radius 1 is 1.50 bits per heavy atom. The van der Waals surface area contributed by atoms with E-state index in [0.29, 0.717) is 12.4 Å². The maximum Gasteiger partial charge on any atom is 0.126 e. The number of thiol groups is 1. The molecule has 64 valence electrons. The highest BCUT2D eigenvalue weighted by atomic mass is 32.1. The summed E-state index contributed by atoms with van der Waals surface area (Å²) < 4.78 is 18.0. The normalized spacial score (nSPS) is 21.3. The van der Waals surface area contributed by atoms with Crippen molar-refractivity contribution in [2.24, 2.45) is 0 Å². The Hall–Kier alpha value is -0.700. The van der Waals surface area contributed by atoms with Crippen molar-refractivity contribution >= 4 is 12.6 Å². The summed E-state index contributed by atoms with van der Waals surface area (Å²) in [5.74, 6) is 0.387. The van der Waals surface area contributed by atoms with Gasteiger partial charge in [0.1, 0.15) is 11.6 Å². The van der Waals surface area contributed by atoms with Crippen molar-refractivity contribution in [2.45, 2.75) is 11.7 Å². The van der Waals surface area contributed by atoms with Crippen LogP contribution in [0.2, 0.25) is 0 Å². The second-order valence-corrected chi connectivity index (χ2v) is 3.46. The van der Waals surface area contributed by atoms with Crippen LogP contribution in [0.4, 0.5) is 4.39 Å². The van der Waals surface area contributed by atoms with Crippen molar-refractivity contribution in [3.8, 4) is 5.75 Å². The van der Waals surface area contributed by atoms with Gasteiger partial charge in [-0.3, -0.25) is 0 Å². The van der Waals surface area contributed by atoms with E-state index >= 15 is 0 Å². The van der Waals surface area contributed by atoms with Crippen LogP contribution in [0.3, 0.4) is 0 Å². The lowest BCUT2D eigenvalue weighted by atomic mass is 10.1. The average molecular weight is 184 g/mol. The first-order chi connectivity index (χ1) is 5.77. The minimum Gasteiger partial charge on any atom is -0.493 e. The molecule has 1 aromatic carbocycles. The number of fused-ring (bicyclic) bond motifs is 1. The molecule has 1 aliphatic heterocycles. The van der Waals surface area contributed by atoms with E-state index in [-0.39, 0.29) is 11.1 Å². The quantitative estimate of drug-likeness (QED) is 0.610. The van der Waals surface area contributed by atoms with Crippen molar-refractivity contribution in [1.29, 1.82) is 0 Å². The van der Waals surface area contributed by atoms with Crippen molar-refractivity contribution < 1.29 is 9.13 Å². The number of hydrogen-bond donors (Lipinski definition) is 1. The molecule has 1 aromatic rings. The van der Waals surface area contributed by atoms with Crippen LogP contribution in [0.15, 0.2) is 18.2 Å². The van der Waals surface area contributed by atoms with Crippen LogP contribution in [-0.2, 0) is 0 Å². The van der Waals surface area contributed by atoms with E-state index in [2.05, 4.69) is 12.6 Å². The largest absolute Gasteiger partial charge is 0.493 e. The van der Waals surface area contributed by atoms with E-state index < -0.39 is 0 Å². The second-order valence-electron chi connectivity index (χ2n) is 2.84. The average Bonchev–Trinajstić information content (AvgIpc) is 2.04. The molecule has 0 bridgehead atoms. The number of ether oxygens (including phenoxy) is 1. The maximum atomic E-state index is 12.7. The Kier molecular flexibility index (Phi) is 1.97. The third-order valence-electron chi connectivity index (χ3n) is 1.98. The zero-order chi connectivity index (χ0) is 8.55. The molecule has 0 aliphatic carbocycles. The Labute approximate surface area is 76.0 Å². The number of rotatable bonds is 0. The first kappa shape index (κ1) is 7.92. The summed E-state index contributed by atoms with van der Waals surface area (Å²) in [5, 5.41) is 0.189. The molecule has 1 heterocycles. The third kappa shape index (κ3) is 1.29. The van der Waals surface area contributed by atoms with Gasteiger partial charge in [-0.15, -0.1) is 0 Å². The van der Waals surface area contributed by atoms with Gasteiger partial charge in [-0.05, 0) is 12.5 Å². The monoisotopic (exact) mass is 184 g/mol. The minimum atomic E-state index is -0.254. The fraction of sp³-hybridized carbons (Fsp3) is 0.333. The lowest BCUT2D eigenvalue weighted by Crippen LogP contribution is -2.10. The highest BCUT2D eigenvalue weighted by Gasteiger charge is 2.18. The van der Waals surface area contributed by atoms with Crippen LogP contribution >= 0.6 is 12.6 Å². The van der Waals surface area contributed by atoms with Gasteiger partial charge >= 0.3 is 0 Å². The molecule has 0 saturated heterocycles. The molecule has 1 atom stereocenters. The Morgan fingerprint density at radius 3 is 3.17 bits per heavy atom. The van der Waals surface area contributed by atoms with Crippen LogP contribution < -0.4 is 4.74 Å². The molecule has 0 aromatic heterocycles. The molecule has 12 heavy (non-hydrogen) atoms. The summed E-state index contributed by atoms with van der Waals surface area (Å²) in [6.07, 6.45) is 0.891. The zero-order valence-corrected chi connectivity index (χ0v) is 7.35. The molecular formula is C9H9FOS. The van der Waals surface area contributed by atoms with Gasteiger partial charge in [0.2, 0.25) is 0 Å². The Morgan fingerprint density at radius 2 is 2.33 bits per heavy atom. The molecule has 0 spiro atoms. The highest BCUT2D eigenvalue weighted by molar-refractivity contribution is 7.80. The number of hydrogen-bond acceptors (Lipinski definition) is 2. The lowest BCUT2D eigenvalue weighted by Gasteiger charge is -2.21. The molecule has 1 aliphatic rings. The van der Waals surface area contributed by atoms with Gasteiger partial charge in [0.25, 0.3) is 0 Å². The van der Waals surface area contributed by atoms with E-state index in [1.54, 1.807) is 6.07 Å². The van der Waals surface area contributed by atoms with Crippen LogP contribution in [-0.4, -0.2) is 6.61 Å². The fourth-order valence-corrected chi connectivity index (χ4v) is 1.66. The van der Waals surface area contributed by atoms with Crippen LogP contribution in [0, 0.1) is 5.82 Å². The van der Waals surface area contributed by atoms with Crippen LogP contribution in [0.1, 0.15) is 17.2 Å². The fourth-order valence-electron chi connectivity index (χ4n) is 1.34. The standard InChI is InChI=1S/C9H9FOS/c10-6-1-2-7-8(5-6)11-4-3-9(7)12/h1-2,5,9,12H,3-4H2. The van der Waals surface area contributed by atoms with Gasteiger partial charge in [0.05, 0.1) is 6.61 Å². The summed E-state index contributed by atoms with van der Waals surface area (Å²) in [5.41, 5.74) is 0.992. The van der Waals surface area contributed by atoms with Gasteiger partial charge in [0, 0.05) is 16.9 Å². The number of benzene rings is 1. The molecule has 2 rings (SSSR count). The molecule has 1 unspecified atom stereocenters. The van der Waals surface area contributed by atoms with Crippen molar-refractivity contribution in [1.82, 2.24) is 0 Å². The first-order valence-corrected chi connectivity index (χ1v) is 4.39. The van der Waals surface area contributed by atoms with E-state index in [9.17, 15) is 4.39 Å². The summed E-state index contributed by atoms with van der Waals surface area (Å²) in [6.45, 7) is 0.630. The van der Waals surface area contributed by atoms with Crippen LogP contribution in [0.5, 0.6) is 5.75 Å². The smallest absolute Gasteiger partial charge is 0.126 e. The van der Waals surface area contributed by atoms with Crippen LogP contribution in [0.25, 0.3) is 0 Å². The maximum absolute atomic E-state index is 12.7. The molecule has 3 heteroatoms. The lowest BCUT2D eigenvalue weighted by molar-refractivity contribution is 0.285. The molecule has 1 nitrogen and oxygen atoms in total. The molecule has 0 saturated carbocycles. The molecule has 0 N–H and O–H groups in total. The van der Waals surface area contributed by atoms with E-state index in [1.807, 2.05) is 0 Å². The van der Waals surface area contributed by atoms with Gasteiger partial charge < -0.3 is 4.74 Å². The van der Waals surface area contributed by atoms with Crippen molar-refractivity contribution in [3.63, 3.8) is 0 Å². The predicted octanol–water partition coefficient (Wildman–Crippen LogP) is 2.58. The molecule has 0 radical (unpaired) electrons. The first-order valence-electron chi connectivity index (χ1n) is 3.87. The van der Waals surface area contributed by atoms with Crippen molar-refractivity contribution in [2.75, 3.05) is 6.61 Å². The van der Waals surface area contributed by atoms with E-state index in [1.165, 1.54) is 12.1 Å². The van der Waals surface area contributed by atoms with Gasteiger partial charge in [0.15, 0.2) is 0 Å². The van der Waals surface area contributed by atoms with Gasteiger partial charge in [-0.2, -0.15) is 12.6 Å². The summed E-state index contributed by atoms with van der Waals surface area (Å²) in [4.78, 5) is 0. The van der Waals surface area contributed by atoms with E-state index in [4.69, 9.17) is 4.74 Å². The second kappa shape index (κ2) is 2.98. The topological polar surface area (TPSA) is 9.23 Å². The van der Waals surface area contributed by atoms with Crippen molar-refractivity contribution in [3.05, 3.63) is 29.6 Å². The summed E-state index contributed by atoms with van der Waals surface area (Å²) in [6, 6.07) is 4.59. The number of halogens is 1. The highest BCUT2D eigenvalue weighted by Crippen LogP contribution is 2.35. The van der Waals surface area contributed by atoms with Gasteiger partial charge in [-0.1, -0.05) is 6.07 Å². The molecular weight excluding hydrogens is 175 g/mol. The molecule has 0 amide bonds. The minimum absolute atomic E-state index is 0.189. The summed E-state index contributed by atoms with van der Waals surface area (Å²) in [7, 11) is 0. The predicted molar refractivity (Wildman–Crippen MR) is 48.2 cm³/mol. The summed E-state index contributed by atoms with van der Waals surface area (Å²) >= 11 is 4.37. The molecule has 0 fully saturated rings. The van der Waals surface area contributed by atoms with Gasteiger partial charge in [-0.25, -0.2) is 4.39 Å².